The molecule has 8 heteroatoms. The zero-order valence-corrected chi connectivity index (χ0v) is 22.0. The fourth-order valence-electron chi connectivity index (χ4n) is 5.44. The lowest BCUT2D eigenvalue weighted by atomic mass is 9.88. The van der Waals surface area contributed by atoms with Gasteiger partial charge in [0.05, 0.1) is 16.8 Å². The fourth-order valence-corrected chi connectivity index (χ4v) is 5.44. The minimum Gasteiger partial charge on any atom is -0.484 e. The summed E-state index contributed by atoms with van der Waals surface area (Å²) in [5.41, 5.74) is 3.46. The second-order valence-electron chi connectivity index (χ2n) is 10.3. The number of nitrogens with zero attached hydrogens (tertiary/aromatic N) is 1. The zero-order valence-electron chi connectivity index (χ0n) is 22.0. The van der Waals surface area contributed by atoms with Crippen LogP contribution in [0.4, 0.5) is 8.78 Å². The molecule has 4 aromatic rings. The smallest absolute Gasteiger partial charge is 0.255 e. The van der Waals surface area contributed by atoms with E-state index in [1.165, 1.54) is 18.2 Å². The topological polar surface area (TPSA) is 80.3 Å². The van der Waals surface area contributed by atoms with Gasteiger partial charge in [-0.25, -0.2) is 8.78 Å². The fraction of sp³-hybridized carbons (Fsp3) is 0.219. The van der Waals surface area contributed by atoms with Gasteiger partial charge in [0, 0.05) is 18.8 Å². The maximum Gasteiger partial charge on any atom is 0.255 e. The Hall–Kier alpha value is -4.59. The summed E-state index contributed by atoms with van der Waals surface area (Å²) in [5, 5.41) is 5.70. The standard InChI is InChI=1S/C32H27F2N3O3/c1-18-15-25(34)23(30(38)37-32(12-13-32)27-5-3-4-14-36-27)17-22(18)20-8-11-26-24(16-20)28(31(39)35-2)29(40-26)19-6-9-21(33)10-7-19/h3-11,14-17,28-29H,12-13H2,1-2H3,(H,35,39)(H,37,38). The van der Waals surface area contributed by atoms with Crippen LogP contribution in [0.2, 0.25) is 0 Å². The van der Waals surface area contributed by atoms with E-state index in [4.69, 9.17) is 4.74 Å². The summed E-state index contributed by atoms with van der Waals surface area (Å²) in [6.45, 7) is 1.78. The van der Waals surface area contributed by atoms with Crippen LogP contribution in [0.25, 0.3) is 11.1 Å². The van der Waals surface area contributed by atoms with Crippen molar-refractivity contribution >= 4 is 11.8 Å². The van der Waals surface area contributed by atoms with E-state index in [-0.39, 0.29) is 17.3 Å². The Balaban J connectivity index is 1.35. The van der Waals surface area contributed by atoms with Gasteiger partial charge in [-0.15, -0.1) is 0 Å². The van der Waals surface area contributed by atoms with E-state index >= 15 is 4.39 Å². The molecule has 2 amide bonds. The third kappa shape index (κ3) is 4.49. The predicted molar refractivity (Wildman–Crippen MR) is 146 cm³/mol. The molecule has 3 aromatic carbocycles. The lowest BCUT2D eigenvalue weighted by Gasteiger charge is -2.19. The van der Waals surface area contributed by atoms with Gasteiger partial charge in [-0.3, -0.25) is 14.6 Å². The lowest BCUT2D eigenvalue weighted by Crippen LogP contribution is -2.36. The number of benzene rings is 3. The molecule has 2 unspecified atom stereocenters. The first-order valence-electron chi connectivity index (χ1n) is 13.1. The number of aryl methyl sites for hydroxylation is 1. The molecule has 1 aromatic heterocycles. The van der Waals surface area contributed by atoms with Gasteiger partial charge < -0.3 is 15.4 Å². The van der Waals surface area contributed by atoms with Gasteiger partial charge in [0.1, 0.15) is 29.4 Å². The first kappa shape index (κ1) is 25.7. The minimum absolute atomic E-state index is 0.0633. The van der Waals surface area contributed by atoms with Crippen molar-refractivity contribution in [3.63, 3.8) is 0 Å². The SMILES string of the molecule is CNC(=O)C1c2cc(-c3cc(C(=O)NC4(c5ccccn5)CC4)c(F)cc3C)ccc2OC1c1ccc(F)cc1. The van der Waals surface area contributed by atoms with Crippen LogP contribution in [0.3, 0.4) is 0 Å². The number of pyridine rings is 1. The molecule has 1 aliphatic carbocycles. The second kappa shape index (κ2) is 9.86. The maximum atomic E-state index is 15.1. The molecule has 0 spiro atoms. The Morgan fingerprint density at radius 1 is 1.00 bits per heavy atom. The number of ether oxygens (including phenoxy) is 1. The number of hydrogen-bond donors (Lipinski definition) is 2. The summed E-state index contributed by atoms with van der Waals surface area (Å²) in [5.74, 6) is -1.88. The molecule has 2 N–H and O–H groups in total. The number of amides is 2. The molecular weight excluding hydrogens is 512 g/mol. The van der Waals surface area contributed by atoms with Crippen molar-refractivity contribution in [2.75, 3.05) is 7.05 Å². The van der Waals surface area contributed by atoms with Crippen LogP contribution in [0.15, 0.2) is 79.0 Å². The number of carbonyl (C=O) groups is 2. The van der Waals surface area contributed by atoms with Crippen LogP contribution in [0.1, 0.15) is 57.6 Å². The van der Waals surface area contributed by atoms with Crippen LogP contribution < -0.4 is 15.4 Å². The third-order valence-electron chi connectivity index (χ3n) is 7.76. The number of hydrogen-bond acceptors (Lipinski definition) is 4. The highest BCUT2D eigenvalue weighted by atomic mass is 19.1. The van der Waals surface area contributed by atoms with Crippen molar-refractivity contribution in [2.24, 2.45) is 0 Å². The molecule has 40 heavy (non-hydrogen) atoms. The summed E-state index contributed by atoms with van der Waals surface area (Å²) < 4.78 is 34.8. The summed E-state index contributed by atoms with van der Waals surface area (Å²) in [4.78, 5) is 30.7. The molecule has 2 atom stereocenters. The van der Waals surface area contributed by atoms with Crippen LogP contribution in [-0.4, -0.2) is 23.8 Å². The van der Waals surface area contributed by atoms with E-state index < -0.39 is 29.3 Å². The number of carbonyl (C=O) groups excluding carboxylic acids is 2. The summed E-state index contributed by atoms with van der Waals surface area (Å²) in [7, 11) is 1.55. The molecule has 0 saturated heterocycles. The van der Waals surface area contributed by atoms with Crippen molar-refractivity contribution in [3.05, 3.63) is 119 Å². The zero-order chi connectivity index (χ0) is 28.0. The number of aromatic nitrogens is 1. The molecule has 1 fully saturated rings. The van der Waals surface area contributed by atoms with E-state index in [2.05, 4.69) is 15.6 Å². The van der Waals surface area contributed by atoms with Crippen LogP contribution in [0.5, 0.6) is 5.75 Å². The van der Waals surface area contributed by atoms with Gasteiger partial charge >= 0.3 is 0 Å². The third-order valence-corrected chi connectivity index (χ3v) is 7.76. The first-order valence-corrected chi connectivity index (χ1v) is 13.1. The molecule has 1 saturated carbocycles. The van der Waals surface area contributed by atoms with Gasteiger partial charge in [0.2, 0.25) is 5.91 Å². The number of likely N-dealkylation sites (N-methyl/N-ethyl adjacent to an activating group) is 1. The highest BCUT2D eigenvalue weighted by Crippen LogP contribution is 2.48. The van der Waals surface area contributed by atoms with Crippen LogP contribution in [0, 0.1) is 18.6 Å². The molecule has 202 valence electrons. The van der Waals surface area contributed by atoms with E-state index in [1.54, 1.807) is 44.4 Å². The molecule has 0 bridgehead atoms. The molecule has 6 rings (SSSR count). The first-order chi connectivity index (χ1) is 19.3. The Labute approximate surface area is 230 Å². The number of nitrogens with one attached hydrogen (secondary N) is 2. The van der Waals surface area contributed by atoms with Crippen molar-refractivity contribution < 1.29 is 23.1 Å². The predicted octanol–water partition coefficient (Wildman–Crippen LogP) is 5.72. The average molecular weight is 540 g/mol. The Morgan fingerprint density at radius 2 is 1.77 bits per heavy atom. The average Bonchev–Trinajstić information content (AvgIpc) is 3.64. The lowest BCUT2D eigenvalue weighted by molar-refractivity contribution is -0.123. The van der Waals surface area contributed by atoms with E-state index in [0.717, 1.165) is 18.5 Å². The number of rotatable bonds is 6. The van der Waals surface area contributed by atoms with Crippen molar-refractivity contribution in [1.82, 2.24) is 15.6 Å². The normalized spacial score (nSPS) is 18.4. The monoisotopic (exact) mass is 539 g/mol. The molecule has 1 aliphatic heterocycles. The Morgan fingerprint density at radius 3 is 2.45 bits per heavy atom. The Bertz CT molecular complexity index is 1620. The van der Waals surface area contributed by atoms with Crippen molar-refractivity contribution in [3.8, 4) is 16.9 Å². The molecule has 2 heterocycles. The van der Waals surface area contributed by atoms with Gasteiger partial charge in [-0.05, 0) is 90.6 Å². The van der Waals surface area contributed by atoms with Crippen molar-refractivity contribution in [2.45, 2.75) is 37.3 Å². The highest BCUT2D eigenvalue weighted by molar-refractivity contribution is 5.97. The summed E-state index contributed by atoms with van der Waals surface area (Å²) in [6, 6.07) is 19.8. The number of halogens is 2. The molecule has 6 nitrogen and oxygen atoms in total. The highest BCUT2D eigenvalue weighted by Gasteiger charge is 2.47. The van der Waals surface area contributed by atoms with Gasteiger partial charge in [-0.2, -0.15) is 0 Å². The maximum absolute atomic E-state index is 15.1. The van der Waals surface area contributed by atoms with E-state index in [0.29, 0.717) is 33.6 Å². The quantitative estimate of drug-likeness (QED) is 0.329. The molecular formula is C32H27F2N3O3. The Kier molecular flexibility index (Phi) is 6.33. The van der Waals surface area contributed by atoms with Crippen LogP contribution in [-0.2, 0) is 10.3 Å². The van der Waals surface area contributed by atoms with Crippen molar-refractivity contribution in [1.29, 1.82) is 0 Å². The van der Waals surface area contributed by atoms with Crippen LogP contribution >= 0.6 is 0 Å². The number of fused-ring (bicyclic) bond motifs is 1. The van der Waals surface area contributed by atoms with E-state index in [9.17, 15) is 14.0 Å². The summed E-state index contributed by atoms with van der Waals surface area (Å²) in [6.07, 6.45) is 2.51. The van der Waals surface area contributed by atoms with Gasteiger partial charge in [0.25, 0.3) is 5.91 Å². The summed E-state index contributed by atoms with van der Waals surface area (Å²) >= 11 is 0. The minimum atomic E-state index is -0.679. The van der Waals surface area contributed by atoms with Gasteiger partial charge in [0.15, 0.2) is 0 Å². The molecule has 2 aliphatic rings. The molecule has 0 radical (unpaired) electrons. The second-order valence-corrected chi connectivity index (χ2v) is 10.3. The van der Waals surface area contributed by atoms with E-state index in [1.807, 2.05) is 30.3 Å². The largest absolute Gasteiger partial charge is 0.484 e. The van der Waals surface area contributed by atoms with Gasteiger partial charge in [-0.1, -0.05) is 24.3 Å².